The lowest BCUT2D eigenvalue weighted by atomic mass is 9.93. The number of nitrogens with zero attached hydrogens (tertiary/aromatic N) is 4. The number of terminal acetylenes is 1. The molecule has 198 valence electrons. The topological polar surface area (TPSA) is 87.7 Å². The summed E-state index contributed by atoms with van der Waals surface area (Å²) < 4.78 is 47.1. The molecule has 11 heteroatoms. The van der Waals surface area contributed by atoms with Crippen molar-refractivity contribution in [2.24, 2.45) is 0 Å². The molecule has 0 spiro atoms. The molecule has 2 aliphatic rings. The zero-order valence-corrected chi connectivity index (χ0v) is 20.6. The Hall–Kier alpha value is -3.81. The Morgan fingerprint density at radius 2 is 1.92 bits per heavy atom. The number of hydrogen-bond donors (Lipinski definition) is 1. The van der Waals surface area contributed by atoms with Crippen LogP contribution in [-0.2, 0) is 17.5 Å². The van der Waals surface area contributed by atoms with Crippen molar-refractivity contribution in [3.8, 4) is 12.3 Å². The van der Waals surface area contributed by atoms with Gasteiger partial charge in [0, 0.05) is 32.3 Å². The SMILES string of the molecule is C#CC(CC)(CC)NC(=O)c1cnc(N2CCC(N3C(=O)OCc4ccccc43)CC2)nc1C(F)(F)F.[HH]. The van der Waals surface area contributed by atoms with Gasteiger partial charge in [-0.25, -0.2) is 14.8 Å². The third kappa shape index (κ3) is 5.19. The molecule has 1 aromatic heterocycles. The Labute approximate surface area is 214 Å². The van der Waals surface area contributed by atoms with Gasteiger partial charge in [0.05, 0.1) is 11.3 Å². The fourth-order valence-corrected chi connectivity index (χ4v) is 4.70. The molecule has 0 radical (unpaired) electrons. The first-order valence-corrected chi connectivity index (χ1v) is 12.2. The summed E-state index contributed by atoms with van der Waals surface area (Å²) in [6.07, 6.45) is 2.81. The highest BCUT2D eigenvalue weighted by molar-refractivity contribution is 5.96. The van der Waals surface area contributed by atoms with Crippen LogP contribution in [0.25, 0.3) is 0 Å². The van der Waals surface area contributed by atoms with Crippen molar-refractivity contribution in [1.29, 1.82) is 0 Å². The lowest BCUT2D eigenvalue weighted by molar-refractivity contribution is -0.141. The number of amides is 2. The van der Waals surface area contributed by atoms with Crippen molar-refractivity contribution in [1.82, 2.24) is 15.3 Å². The van der Waals surface area contributed by atoms with E-state index >= 15 is 0 Å². The van der Waals surface area contributed by atoms with Gasteiger partial charge in [0.15, 0.2) is 5.69 Å². The summed E-state index contributed by atoms with van der Waals surface area (Å²) in [5, 5.41) is 2.54. The van der Waals surface area contributed by atoms with Crippen LogP contribution in [0, 0.1) is 12.3 Å². The summed E-state index contributed by atoms with van der Waals surface area (Å²) in [4.78, 5) is 36.4. The number of fused-ring (bicyclic) bond motifs is 1. The first-order chi connectivity index (χ1) is 17.6. The number of benzene rings is 1. The lowest BCUT2D eigenvalue weighted by Crippen LogP contribution is -2.50. The Balaban J connectivity index is 0.00000400. The number of carbonyl (C=O) groups excluding carboxylic acids is 2. The van der Waals surface area contributed by atoms with Gasteiger partial charge in [-0.15, -0.1) is 6.42 Å². The van der Waals surface area contributed by atoms with Gasteiger partial charge in [0.2, 0.25) is 5.95 Å². The van der Waals surface area contributed by atoms with Gasteiger partial charge in [-0.2, -0.15) is 13.2 Å². The summed E-state index contributed by atoms with van der Waals surface area (Å²) >= 11 is 0. The Kier molecular flexibility index (Phi) is 7.30. The van der Waals surface area contributed by atoms with E-state index in [1.807, 2.05) is 24.3 Å². The zero-order valence-electron chi connectivity index (χ0n) is 20.6. The summed E-state index contributed by atoms with van der Waals surface area (Å²) in [6.45, 7) is 4.35. The zero-order chi connectivity index (χ0) is 26.8. The van der Waals surface area contributed by atoms with Crippen LogP contribution in [0.2, 0.25) is 0 Å². The molecule has 2 aromatic rings. The summed E-state index contributed by atoms with van der Waals surface area (Å²) in [5.41, 5.74) is -1.37. The van der Waals surface area contributed by atoms with Crippen LogP contribution < -0.4 is 15.1 Å². The van der Waals surface area contributed by atoms with E-state index in [9.17, 15) is 22.8 Å². The number of ether oxygens (including phenoxy) is 1. The molecule has 0 unspecified atom stereocenters. The maximum absolute atomic E-state index is 13.9. The van der Waals surface area contributed by atoms with Crippen LogP contribution in [0.15, 0.2) is 30.5 Å². The van der Waals surface area contributed by atoms with Crippen LogP contribution in [0.3, 0.4) is 0 Å². The summed E-state index contributed by atoms with van der Waals surface area (Å²) in [6, 6.07) is 7.28. The van der Waals surface area contributed by atoms with Crippen molar-refractivity contribution in [3.05, 3.63) is 47.3 Å². The standard InChI is InChI=1S/C26H28F3N5O3.H2/c1-4-25(5-2,6-3)32-22(35)19-15-30-23(31-21(19)26(27,28)29)33-13-11-18(12-14-33)34-20-10-8-7-9-17(20)16-37-24(34)36;/h1,7-10,15,18H,5-6,11-14,16H2,2-3H3,(H,32,35);1H. The highest BCUT2D eigenvalue weighted by atomic mass is 19.4. The molecule has 1 fully saturated rings. The first kappa shape index (κ1) is 26.3. The minimum absolute atomic E-state index is 0. The summed E-state index contributed by atoms with van der Waals surface area (Å²) in [5.74, 6) is 1.38. The third-order valence-corrected chi connectivity index (χ3v) is 7.04. The van der Waals surface area contributed by atoms with Crippen molar-refractivity contribution in [2.75, 3.05) is 22.9 Å². The van der Waals surface area contributed by atoms with E-state index < -0.39 is 35.0 Å². The fraction of sp³-hybridized carbons (Fsp3) is 0.462. The maximum atomic E-state index is 13.9. The molecule has 1 aromatic carbocycles. The van der Waals surface area contributed by atoms with Crippen LogP contribution in [0.4, 0.5) is 29.6 Å². The van der Waals surface area contributed by atoms with E-state index in [-0.39, 0.29) is 20.0 Å². The van der Waals surface area contributed by atoms with Crippen molar-refractivity contribution < 1.29 is 28.9 Å². The van der Waals surface area contributed by atoms with Crippen molar-refractivity contribution in [2.45, 2.75) is 63.9 Å². The van der Waals surface area contributed by atoms with Crippen LogP contribution >= 0.6 is 0 Å². The van der Waals surface area contributed by atoms with Crippen LogP contribution in [0.1, 0.15) is 62.6 Å². The molecular formula is C26H30F3N5O3. The number of cyclic esters (lactones) is 1. The van der Waals surface area contributed by atoms with E-state index in [2.05, 4.69) is 21.2 Å². The second-order valence-electron chi connectivity index (χ2n) is 9.09. The number of carbonyl (C=O) groups is 2. The van der Waals surface area contributed by atoms with Crippen LogP contribution in [-0.4, -0.2) is 46.6 Å². The normalized spacial score (nSPS) is 16.6. The first-order valence-electron chi connectivity index (χ1n) is 12.2. The predicted molar refractivity (Wildman–Crippen MR) is 133 cm³/mol. The third-order valence-electron chi connectivity index (χ3n) is 7.04. The lowest BCUT2D eigenvalue weighted by Gasteiger charge is -2.40. The van der Waals surface area contributed by atoms with E-state index in [0.29, 0.717) is 38.8 Å². The molecule has 0 aliphatic carbocycles. The second kappa shape index (κ2) is 10.3. The Morgan fingerprint density at radius 3 is 2.54 bits per heavy atom. The van der Waals surface area contributed by atoms with E-state index in [0.717, 1.165) is 17.4 Å². The number of alkyl halides is 3. The molecule has 0 atom stereocenters. The molecule has 0 bridgehead atoms. The molecule has 3 heterocycles. The number of anilines is 2. The molecule has 1 saturated heterocycles. The number of piperidine rings is 1. The van der Waals surface area contributed by atoms with Gasteiger partial charge in [0.25, 0.3) is 5.91 Å². The molecular weight excluding hydrogens is 487 g/mol. The number of aromatic nitrogens is 2. The van der Waals surface area contributed by atoms with Crippen LogP contribution in [0.5, 0.6) is 0 Å². The highest BCUT2D eigenvalue weighted by Gasteiger charge is 2.40. The quantitative estimate of drug-likeness (QED) is 0.555. The maximum Gasteiger partial charge on any atom is 0.434 e. The molecule has 8 nitrogen and oxygen atoms in total. The molecule has 4 rings (SSSR count). The average Bonchev–Trinajstić information content (AvgIpc) is 2.91. The number of rotatable bonds is 6. The molecule has 1 N–H and O–H groups in total. The fourth-order valence-electron chi connectivity index (χ4n) is 4.70. The van der Waals surface area contributed by atoms with Crippen molar-refractivity contribution in [3.63, 3.8) is 0 Å². The average molecular weight is 518 g/mol. The highest BCUT2D eigenvalue weighted by Crippen LogP contribution is 2.34. The predicted octanol–water partition coefficient (Wildman–Crippen LogP) is 4.79. The number of para-hydroxylation sites is 1. The smallest absolute Gasteiger partial charge is 0.434 e. The van der Waals surface area contributed by atoms with Crippen molar-refractivity contribution >= 4 is 23.6 Å². The van der Waals surface area contributed by atoms with Gasteiger partial charge in [-0.1, -0.05) is 38.0 Å². The molecule has 2 amide bonds. The number of halogens is 3. The van der Waals surface area contributed by atoms with E-state index in [4.69, 9.17) is 11.2 Å². The number of nitrogens with one attached hydrogen (secondary N) is 1. The van der Waals surface area contributed by atoms with E-state index in [1.165, 1.54) is 0 Å². The molecule has 37 heavy (non-hydrogen) atoms. The Morgan fingerprint density at radius 1 is 1.24 bits per heavy atom. The monoisotopic (exact) mass is 517 g/mol. The second-order valence-corrected chi connectivity index (χ2v) is 9.09. The summed E-state index contributed by atoms with van der Waals surface area (Å²) in [7, 11) is 0. The van der Waals surface area contributed by atoms with Gasteiger partial charge < -0.3 is 15.0 Å². The minimum atomic E-state index is -4.87. The van der Waals surface area contributed by atoms with Gasteiger partial charge in [0.1, 0.15) is 12.1 Å². The van der Waals surface area contributed by atoms with Gasteiger partial charge in [-0.3, -0.25) is 9.69 Å². The van der Waals surface area contributed by atoms with E-state index in [1.54, 1.807) is 23.6 Å². The minimum Gasteiger partial charge on any atom is -0.444 e. The Bertz CT molecular complexity index is 1220. The van der Waals surface area contributed by atoms with Gasteiger partial charge in [-0.05, 0) is 31.7 Å². The molecule has 0 saturated carbocycles. The number of hydrogen-bond acceptors (Lipinski definition) is 6. The van der Waals surface area contributed by atoms with Gasteiger partial charge >= 0.3 is 12.3 Å². The molecule has 2 aliphatic heterocycles. The largest absolute Gasteiger partial charge is 0.444 e.